The molecule has 8 nitrogen and oxygen atoms in total. The van der Waals surface area contributed by atoms with E-state index in [-0.39, 0.29) is 12.0 Å². The lowest BCUT2D eigenvalue weighted by Crippen LogP contribution is -2.08. The van der Waals surface area contributed by atoms with Crippen LogP contribution in [0.4, 0.5) is 11.9 Å². The van der Waals surface area contributed by atoms with E-state index < -0.39 is 0 Å². The van der Waals surface area contributed by atoms with Gasteiger partial charge in [0.2, 0.25) is 17.8 Å². The minimum absolute atomic E-state index is 0.0889. The summed E-state index contributed by atoms with van der Waals surface area (Å²) in [6.07, 6.45) is 2.50. The zero-order valence-electron chi connectivity index (χ0n) is 10.2. The topological polar surface area (TPSA) is 112 Å². The van der Waals surface area contributed by atoms with Crippen molar-refractivity contribution in [1.82, 2.24) is 19.9 Å². The van der Waals surface area contributed by atoms with E-state index in [1.165, 1.54) is 7.11 Å². The van der Waals surface area contributed by atoms with Crippen molar-refractivity contribution in [2.45, 2.75) is 19.9 Å². The van der Waals surface area contributed by atoms with Crippen molar-refractivity contribution in [3.8, 4) is 6.01 Å². The van der Waals surface area contributed by atoms with Crippen LogP contribution in [-0.4, -0.2) is 27.0 Å². The second kappa shape index (κ2) is 5.30. The van der Waals surface area contributed by atoms with Crippen LogP contribution in [0.2, 0.25) is 0 Å². The van der Waals surface area contributed by atoms with Gasteiger partial charge < -0.3 is 20.2 Å². The number of aromatic nitrogens is 4. The van der Waals surface area contributed by atoms with Crippen molar-refractivity contribution in [3.63, 3.8) is 0 Å². The molecule has 0 spiro atoms. The largest absolute Gasteiger partial charge is 0.467 e. The predicted octanol–water partition coefficient (Wildman–Crippen LogP) is 0.625. The molecule has 2 aromatic rings. The highest BCUT2D eigenvalue weighted by Crippen LogP contribution is 2.10. The first-order valence-electron chi connectivity index (χ1n) is 5.44. The van der Waals surface area contributed by atoms with E-state index in [2.05, 4.69) is 25.3 Å². The summed E-state index contributed by atoms with van der Waals surface area (Å²) in [7, 11) is 1.46. The van der Waals surface area contributed by atoms with Gasteiger partial charge in [-0.1, -0.05) is 6.92 Å². The molecular formula is C10H14N6O2. The Morgan fingerprint density at radius 1 is 1.39 bits per heavy atom. The number of oxazole rings is 1. The Balaban J connectivity index is 2.03. The first-order valence-corrected chi connectivity index (χ1v) is 5.44. The summed E-state index contributed by atoms with van der Waals surface area (Å²) >= 11 is 0. The summed E-state index contributed by atoms with van der Waals surface area (Å²) in [6.45, 7) is 2.36. The highest BCUT2D eigenvalue weighted by Gasteiger charge is 2.06. The number of nitrogens with zero attached hydrogens (tertiary/aromatic N) is 4. The standard InChI is InChI=1S/C10H14N6O2/c1-3-6-4-12-7(18-6)5-13-9-14-8(11)15-10(16-9)17-2/h4H,3,5H2,1-2H3,(H3,11,13,14,15,16). The Morgan fingerprint density at radius 2 is 2.22 bits per heavy atom. The van der Waals surface area contributed by atoms with Crippen molar-refractivity contribution < 1.29 is 9.15 Å². The number of rotatable bonds is 5. The van der Waals surface area contributed by atoms with E-state index in [1.807, 2.05) is 6.92 Å². The van der Waals surface area contributed by atoms with Crippen LogP contribution in [0.1, 0.15) is 18.6 Å². The molecule has 0 aromatic carbocycles. The maximum Gasteiger partial charge on any atom is 0.322 e. The van der Waals surface area contributed by atoms with Gasteiger partial charge in [-0.2, -0.15) is 15.0 Å². The van der Waals surface area contributed by atoms with E-state index in [0.717, 1.165) is 12.2 Å². The molecule has 0 aliphatic carbocycles. The molecular weight excluding hydrogens is 236 g/mol. The number of hydrogen-bond donors (Lipinski definition) is 2. The second-order valence-electron chi connectivity index (χ2n) is 3.43. The lowest BCUT2D eigenvalue weighted by Gasteiger charge is -2.04. The lowest BCUT2D eigenvalue weighted by atomic mass is 10.4. The summed E-state index contributed by atoms with van der Waals surface area (Å²) in [4.78, 5) is 15.8. The van der Waals surface area contributed by atoms with E-state index in [1.54, 1.807) is 6.20 Å². The number of anilines is 2. The molecule has 96 valence electrons. The summed E-state index contributed by atoms with van der Waals surface area (Å²) in [6, 6.07) is 0.159. The molecule has 0 unspecified atom stereocenters. The Labute approximate surface area is 104 Å². The van der Waals surface area contributed by atoms with Crippen LogP contribution in [0.3, 0.4) is 0 Å². The maximum absolute atomic E-state index is 5.51. The second-order valence-corrected chi connectivity index (χ2v) is 3.43. The molecule has 3 N–H and O–H groups in total. The molecule has 0 bridgehead atoms. The van der Waals surface area contributed by atoms with Gasteiger partial charge in [-0.15, -0.1) is 0 Å². The average Bonchev–Trinajstić information content (AvgIpc) is 2.83. The fourth-order valence-corrected chi connectivity index (χ4v) is 1.29. The summed E-state index contributed by atoms with van der Waals surface area (Å²) < 4.78 is 10.3. The van der Waals surface area contributed by atoms with Crippen molar-refractivity contribution >= 4 is 11.9 Å². The van der Waals surface area contributed by atoms with E-state index in [4.69, 9.17) is 14.9 Å². The number of hydrogen-bond acceptors (Lipinski definition) is 8. The fraction of sp³-hybridized carbons (Fsp3) is 0.400. The third-order valence-corrected chi connectivity index (χ3v) is 2.16. The van der Waals surface area contributed by atoms with Crippen LogP contribution in [0, 0.1) is 0 Å². The van der Waals surface area contributed by atoms with Crippen molar-refractivity contribution in [2.24, 2.45) is 0 Å². The number of aryl methyl sites for hydroxylation is 1. The first-order chi connectivity index (χ1) is 8.71. The third-order valence-electron chi connectivity index (χ3n) is 2.16. The van der Waals surface area contributed by atoms with Gasteiger partial charge in [0.25, 0.3) is 0 Å². The third kappa shape index (κ3) is 2.84. The minimum atomic E-state index is 0.0889. The molecule has 0 atom stereocenters. The van der Waals surface area contributed by atoms with Gasteiger partial charge in [0, 0.05) is 6.42 Å². The number of nitrogen functional groups attached to an aromatic ring is 1. The number of nitrogens with one attached hydrogen (secondary N) is 1. The monoisotopic (exact) mass is 250 g/mol. The summed E-state index contributed by atoms with van der Waals surface area (Å²) in [5.74, 6) is 1.80. The number of methoxy groups -OCH3 is 1. The number of nitrogens with two attached hydrogens (primary N) is 1. The van der Waals surface area contributed by atoms with Crippen LogP contribution >= 0.6 is 0 Å². The van der Waals surface area contributed by atoms with E-state index in [0.29, 0.717) is 18.4 Å². The van der Waals surface area contributed by atoms with E-state index in [9.17, 15) is 0 Å². The molecule has 8 heteroatoms. The van der Waals surface area contributed by atoms with Crippen molar-refractivity contribution in [1.29, 1.82) is 0 Å². The van der Waals surface area contributed by atoms with Crippen molar-refractivity contribution in [3.05, 3.63) is 17.8 Å². The molecule has 0 aliphatic rings. The smallest absolute Gasteiger partial charge is 0.322 e. The molecule has 0 aliphatic heterocycles. The van der Waals surface area contributed by atoms with Crippen LogP contribution < -0.4 is 15.8 Å². The fourth-order valence-electron chi connectivity index (χ4n) is 1.29. The van der Waals surface area contributed by atoms with Gasteiger partial charge in [-0.3, -0.25) is 0 Å². The molecule has 2 heterocycles. The maximum atomic E-state index is 5.51. The Kier molecular flexibility index (Phi) is 3.56. The highest BCUT2D eigenvalue weighted by atomic mass is 16.5. The number of ether oxygens (including phenoxy) is 1. The lowest BCUT2D eigenvalue weighted by molar-refractivity contribution is 0.379. The van der Waals surface area contributed by atoms with E-state index >= 15 is 0 Å². The molecule has 0 amide bonds. The zero-order valence-corrected chi connectivity index (χ0v) is 10.2. The van der Waals surface area contributed by atoms with Crippen molar-refractivity contribution in [2.75, 3.05) is 18.2 Å². The molecule has 2 aromatic heterocycles. The van der Waals surface area contributed by atoms with Crippen LogP contribution in [0.5, 0.6) is 6.01 Å². The Hall–Kier alpha value is -2.38. The Morgan fingerprint density at radius 3 is 2.89 bits per heavy atom. The van der Waals surface area contributed by atoms with Gasteiger partial charge in [-0.05, 0) is 0 Å². The molecule has 0 saturated heterocycles. The minimum Gasteiger partial charge on any atom is -0.467 e. The average molecular weight is 250 g/mol. The normalized spacial score (nSPS) is 10.3. The Bertz CT molecular complexity index is 527. The predicted molar refractivity (Wildman–Crippen MR) is 64.0 cm³/mol. The van der Waals surface area contributed by atoms with Gasteiger partial charge in [0.1, 0.15) is 5.76 Å². The van der Waals surface area contributed by atoms with Gasteiger partial charge in [0.05, 0.1) is 19.9 Å². The summed E-state index contributed by atoms with van der Waals surface area (Å²) in [5.41, 5.74) is 5.51. The van der Waals surface area contributed by atoms with Gasteiger partial charge >= 0.3 is 6.01 Å². The zero-order chi connectivity index (χ0) is 13.0. The highest BCUT2D eigenvalue weighted by molar-refractivity contribution is 5.32. The van der Waals surface area contributed by atoms with Crippen LogP contribution in [-0.2, 0) is 13.0 Å². The quantitative estimate of drug-likeness (QED) is 0.794. The molecule has 0 radical (unpaired) electrons. The van der Waals surface area contributed by atoms with Crippen LogP contribution in [0.25, 0.3) is 0 Å². The van der Waals surface area contributed by atoms with Gasteiger partial charge in [0.15, 0.2) is 0 Å². The molecule has 0 saturated carbocycles. The SMILES string of the molecule is CCc1cnc(CNc2nc(N)nc(OC)n2)o1. The molecule has 0 fully saturated rings. The first kappa shape index (κ1) is 12.1. The van der Waals surface area contributed by atoms with Crippen LogP contribution in [0.15, 0.2) is 10.6 Å². The summed E-state index contributed by atoms with van der Waals surface area (Å²) in [5, 5.41) is 2.94. The molecule has 2 rings (SSSR count). The van der Waals surface area contributed by atoms with Gasteiger partial charge in [-0.25, -0.2) is 4.98 Å². The molecule has 18 heavy (non-hydrogen) atoms.